The molecule has 0 atom stereocenters. The van der Waals surface area contributed by atoms with Crippen LogP contribution in [0.1, 0.15) is 10.4 Å². The molecule has 0 unspecified atom stereocenters. The van der Waals surface area contributed by atoms with Gasteiger partial charge in [-0.25, -0.2) is 13.1 Å². The van der Waals surface area contributed by atoms with Crippen LogP contribution in [0.2, 0.25) is 5.02 Å². The summed E-state index contributed by atoms with van der Waals surface area (Å²) in [4.78, 5) is 0.926. The third-order valence-electron chi connectivity index (χ3n) is 2.55. The molecule has 2 rings (SSSR count). The molecule has 0 bridgehead atoms. The zero-order chi connectivity index (χ0) is 15.3. The van der Waals surface area contributed by atoms with Gasteiger partial charge in [-0.15, -0.1) is 11.3 Å². The Balaban J connectivity index is 2.19. The smallest absolute Gasteiger partial charge is 0.242 e. The van der Waals surface area contributed by atoms with Gasteiger partial charge < -0.3 is 5.11 Å². The molecule has 1 aromatic heterocycles. The van der Waals surface area contributed by atoms with Crippen molar-refractivity contribution in [2.75, 3.05) is 6.61 Å². The van der Waals surface area contributed by atoms with E-state index in [1.54, 1.807) is 6.07 Å². The molecule has 21 heavy (non-hydrogen) atoms. The second kappa shape index (κ2) is 7.07. The van der Waals surface area contributed by atoms with Crippen molar-refractivity contribution in [2.45, 2.75) is 11.4 Å². The molecule has 0 aliphatic heterocycles. The fourth-order valence-electron chi connectivity index (χ4n) is 1.60. The number of rotatable bonds is 4. The molecule has 1 heterocycles. The Kier molecular flexibility index (Phi) is 5.39. The molecule has 0 amide bonds. The average molecular weight is 342 g/mol. The standard InChI is InChI=1S/C14H12ClNO3S2/c15-13-9-11(3-1-7-17)5-6-14(13)21(18,19)16-10-12-4-2-8-20-12/h2,4-6,8-9,16-17H,7,10H2. The van der Waals surface area contributed by atoms with Gasteiger partial charge in [0, 0.05) is 17.0 Å². The highest BCUT2D eigenvalue weighted by Crippen LogP contribution is 2.22. The fraction of sp³-hybridized carbons (Fsp3) is 0.143. The van der Waals surface area contributed by atoms with E-state index in [-0.39, 0.29) is 23.1 Å². The summed E-state index contributed by atoms with van der Waals surface area (Å²) in [6.45, 7) is -0.0392. The zero-order valence-electron chi connectivity index (χ0n) is 10.8. The van der Waals surface area contributed by atoms with Crippen LogP contribution < -0.4 is 4.72 Å². The van der Waals surface area contributed by atoms with Crippen LogP contribution >= 0.6 is 22.9 Å². The Morgan fingerprint density at radius 2 is 2.14 bits per heavy atom. The zero-order valence-corrected chi connectivity index (χ0v) is 13.2. The largest absolute Gasteiger partial charge is 0.384 e. The predicted molar refractivity (Wildman–Crippen MR) is 83.8 cm³/mol. The van der Waals surface area contributed by atoms with Gasteiger partial charge in [0.15, 0.2) is 0 Å². The molecule has 0 saturated heterocycles. The third-order valence-corrected chi connectivity index (χ3v) is 5.31. The summed E-state index contributed by atoms with van der Waals surface area (Å²) >= 11 is 7.48. The second-order valence-corrected chi connectivity index (χ2v) is 7.18. The van der Waals surface area contributed by atoms with Crippen LogP contribution in [-0.4, -0.2) is 20.1 Å². The lowest BCUT2D eigenvalue weighted by atomic mass is 10.2. The van der Waals surface area contributed by atoms with Gasteiger partial charge in [-0.1, -0.05) is 29.5 Å². The van der Waals surface area contributed by atoms with Gasteiger partial charge in [0.1, 0.15) is 11.5 Å². The van der Waals surface area contributed by atoms with Crippen molar-refractivity contribution in [3.63, 3.8) is 0 Å². The minimum atomic E-state index is -3.68. The van der Waals surface area contributed by atoms with Crippen LogP contribution in [-0.2, 0) is 16.6 Å². The van der Waals surface area contributed by atoms with Gasteiger partial charge >= 0.3 is 0 Å². The van der Waals surface area contributed by atoms with E-state index in [0.29, 0.717) is 5.56 Å². The van der Waals surface area contributed by atoms with Crippen LogP contribution in [0.3, 0.4) is 0 Å². The number of halogens is 1. The molecule has 4 nitrogen and oxygen atoms in total. The summed E-state index contributed by atoms with van der Waals surface area (Å²) in [6, 6.07) is 8.12. The van der Waals surface area contributed by atoms with Crippen LogP contribution in [0, 0.1) is 11.8 Å². The Hall–Kier alpha value is -1.36. The molecule has 7 heteroatoms. The van der Waals surface area contributed by atoms with E-state index in [0.717, 1.165) is 4.88 Å². The number of thiophene rings is 1. The summed E-state index contributed by atoms with van der Waals surface area (Å²) in [5, 5.41) is 10.6. The van der Waals surface area contributed by atoms with Gasteiger partial charge in [-0.3, -0.25) is 0 Å². The second-order valence-electron chi connectivity index (χ2n) is 4.01. The third kappa shape index (κ3) is 4.30. The van der Waals surface area contributed by atoms with Gasteiger partial charge in [0.25, 0.3) is 0 Å². The summed E-state index contributed by atoms with van der Waals surface area (Å²) in [5.74, 6) is 5.15. The minimum absolute atomic E-state index is 0.00951. The minimum Gasteiger partial charge on any atom is -0.384 e. The number of sulfonamides is 1. The van der Waals surface area contributed by atoms with E-state index in [9.17, 15) is 8.42 Å². The quantitative estimate of drug-likeness (QED) is 0.838. The van der Waals surface area contributed by atoms with Crippen molar-refractivity contribution in [2.24, 2.45) is 0 Å². The molecule has 0 spiro atoms. The SMILES string of the molecule is O=S(=O)(NCc1cccs1)c1ccc(C#CCO)cc1Cl. The molecule has 110 valence electrons. The van der Waals surface area contributed by atoms with E-state index in [1.165, 1.54) is 23.5 Å². The molecule has 0 saturated carbocycles. The molecule has 2 aromatic rings. The van der Waals surface area contributed by atoms with E-state index in [1.807, 2.05) is 17.5 Å². The van der Waals surface area contributed by atoms with Crippen molar-refractivity contribution in [1.29, 1.82) is 0 Å². The molecule has 0 aliphatic carbocycles. The highest BCUT2D eigenvalue weighted by Gasteiger charge is 2.17. The first-order valence-electron chi connectivity index (χ1n) is 5.94. The van der Waals surface area contributed by atoms with Crippen molar-refractivity contribution in [1.82, 2.24) is 4.72 Å². The van der Waals surface area contributed by atoms with Crippen molar-refractivity contribution < 1.29 is 13.5 Å². The highest BCUT2D eigenvalue weighted by molar-refractivity contribution is 7.89. The normalized spacial score (nSPS) is 11.0. The Morgan fingerprint density at radius 3 is 2.76 bits per heavy atom. The van der Waals surface area contributed by atoms with Crippen LogP contribution in [0.15, 0.2) is 40.6 Å². The van der Waals surface area contributed by atoms with E-state index < -0.39 is 10.0 Å². The Morgan fingerprint density at radius 1 is 1.33 bits per heavy atom. The van der Waals surface area contributed by atoms with Crippen LogP contribution in [0.5, 0.6) is 0 Å². The molecule has 0 radical (unpaired) electrons. The number of benzene rings is 1. The number of hydrogen-bond acceptors (Lipinski definition) is 4. The lowest BCUT2D eigenvalue weighted by molar-refractivity contribution is 0.350. The molecule has 1 aromatic carbocycles. The van der Waals surface area contributed by atoms with Gasteiger partial charge in [0.2, 0.25) is 10.0 Å². The first-order chi connectivity index (χ1) is 10.0. The summed E-state index contributed by atoms with van der Waals surface area (Å²) in [5.41, 5.74) is 0.547. The maximum atomic E-state index is 12.2. The number of aliphatic hydroxyl groups is 1. The predicted octanol–water partition coefficient (Wildman–Crippen LogP) is 2.22. The lowest BCUT2D eigenvalue weighted by Crippen LogP contribution is -2.23. The molecular formula is C14H12ClNO3S2. The monoisotopic (exact) mass is 341 g/mol. The molecule has 2 N–H and O–H groups in total. The van der Waals surface area contributed by atoms with Crippen molar-refractivity contribution in [3.8, 4) is 11.8 Å². The fourth-order valence-corrected chi connectivity index (χ4v) is 3.88. The van der Waals surface area contributed by atoms with Crippen molar-refractivity contribution >= 4 is 33.0 Å². The average Bonchev–Trinajstić information content (AvgIpc) is 2.96. The summed E-state index contributed by atoms with van der Waals surface area (Å²) in [6.07, 6.45) is 0. The van der Waals surface area contributed by atoms with Crippen molar-refractivity contribution in [3.05, 3.63) is 51.2 Å². The lowest BCUT2D eigenvalue weighted by Gasteiger charge is -2.07. The maximum absolute atomic E-state index is 12.2. The van der Waals surface area contributed by atoms with Gasteiger partial charge in [0.05, 0.1) is 5.02 Å². The topological polar surface area (TPSA) is 66.4 Å². The molecular weight excluding hydrogens is 330 g/mol. The Labute approximate surface area is 132 Å². The summed E-state index contributed by atoms with van der Waals surface area (Å²) < 4.78 is 26.9. The van der Waals surface area contributed by atoms with Crippen LogP contribution in [0.25, 0.3) is 0 Å². The van der Waals surface area contributed by atoms with E-state index >= 15 is 0 Å². The summed E-state index contributed by atoms with van der Waals surface area (Å²) in [7, 11) is -3.68. The Bertz CT molecular complexity index is 774. The van der Waals surface area contributed by atoms with Gasteiger partial charge in [-0.05, 0) is 29.6 Å². The van der Waals surface area contributed by atoms with Gasteiger partial charge in [-0.2, -0.15) is 0 Å². The number of hydrogen-bond donors (Lipinski definition) is 2. The molecule has 0 fully saturated rings. The highest BCUT2D eigenvalue weighted by atomic mass is 35.5. The number of nitrogens with one attached hydrogen (secondary N) is 1. The first-order valence-corrected chi connectivity index (χ1v) is 8.68. The van der Waals surface area contributed by atoms with Crippen LogP contribution in [0.4, 0.5) is 0 Å². The number of aliphatic hydroxyl groups excluding tert-OH is 1. The van der Waals surface area contributed by atoms with E-state index in [2.05, 4.69) is 16.6 Å². The first kappa shape index (κ1) is 16.0. The molecule has 0 aliphatic rings. The van der Waals surface area contributed by atoms with E-state index in [4.69, 9.17) is 16.7 Å². The maximum Gasteiger partial charge on any atom is 0.242 e.